The second-order valence-corrected chi connectivity index (χ2v) is 9.56. The lowest BCUT2D eigenvalue weighted by atomic mass is 9.87. The van der Waals surface area contributed by atoms with Crippen molar-refractivity contribution in [1.29, 1.82) is 0 Å². The van der Waals surface area contributed by atoms with Crippen LogP contribution in [0.5, 0.6) is 0 Å². The molecule has 0 saturated heterocycles. The normalized spacial score (nSPS) is 15.7. The highest BCUT2D eigenvalue weighted by Gasteiger charge is 2.25. The first-order chi connectivity index (χ1) is 14.9. The molecule has 0 fully saturated rings. The van der Waals surface area contributed by atoms with Crippen LogP contribution in [0.15, 0.2) is 77.7 Å². The lowest BCUT2D eigenvalue weighted by Gasteiger charge is -2.26. The van der Waals surface area contributed by atoms with Gasteiger partial charge in [0.05, 0.1) is 16.6 Å². The molecule has 0 unspecified atom stereocenters. The van der Waals surface area contributed by atoms with Crippen LogP contribution in [0.25, 0.3) is 0 Å². The molecule has 3 aromatic carbocycles. The second kappa shape index (κ2) is 8.51. The maximum Gasteiger partial charge on any atom is 0.264 e. The standard InChI is InChI=1S/C24H23FN2O3S/c1-27(20-14-12-19(25)13-15-20)31(29,30)21-9-4-8-18(16-21)24(28)26-23-11-5-7-17-6-2-3-10-22(17)23/h2-4,6,8-10,12-16,23H,5,7,11H2,1H3,(H,26,28)/t23-/m0/s1. The summed E-state index contributed by atoms with van der Waals surface area (Å²) >= 11 is 0. The van der Waals surface area contributed by atoms with Crippen LogP contribution in [0.4, 0.5) is 10.1 Å². The largest absolute Gasteiger partial charge is 0.345 e. The van der Waals surface area contributed by atoms with Crippen LogP contribution in [0.3, 0.4) is 0 Å². The van der Waals surface area contributed by atoms with Gasteiger partial charge in [-0.25, -0.2) is 12.8 Å². The molecule has 0 radical (unpaired) electrons. The van der Waals surface area contributed by atoms with Crippen molar-refractivity contribution < 1.29 is 17.6 Å². The van der Waals surface area contributed by atoms with Crippen molar-refractivity contribution in [2.24, 2.45) is 0 Å². The third-order valence-electron chi connectivity index (χ3n) is 5.62. The minimum atomic E-state index is -3.91. The summed E-state index contributed by atoms with van der Waals surface area (Å²) in [6, 6.07) is 19.1. The summed E-state index contributed by atoms with van der Waals surface area (Å²) in [5.41, 5.74) is 2.95. The number of amides is 1. The van der Waals surface area contributed by atoms with E-state index in [1.807, 2.05) is 18.2 Å². The molecule has 0 aromatic heterocycles. The number of nitrogens with one attached hydrogen (secondary N) is 1. The van der Waals surface area contributed by atoms with Crippen molar-refractivity contribution in [2.45, 2.75) is 30.2 Å². The summed E-state index contributed by atoms with van der Waals surface area (Å²) in [4.78, 5) is 12.9. The van der Waals surface area contributed by atoms with E-state index in [4.69, 9.17) is 0 Å². The molecule has 3 aromatic rings. The Bertz CT molecular complexity index is 1210. The molecule has 0 aliphatic heterocycles. The minimum absolute atomic E-state index is 0.00369. The number of fused-ring (bicyclic) bond motifs is 1. The smallest absolute Gasteiger partial charge is 0.264 e. The van der Waals surface area contributed by atoms with Gasteiger partial charge < -0.3 is 5.32 Å². The number of sulfonamides is 1. The highest BCUT2D eigenvalue weighted by atomic mass is 32.2. The predicted molar refractivity (Wildman–Crippen MR) is 118 cm³/mol. The van der Waals surface area contributed by atoms with Crippen LogP contribution in [-0.4, -0.2) is 21.4 Å². The highest BCUT2D eigenvalue weighted by molar-refractivity contribution is 7.92. The van der Waals surface area contributed by atoms with E-state index in [2.05, 4.69) is 11.4 Å². The number of carbonyl (C=O) groups is 1. The van der Waals surface area contributed by atoms with E-state index in [0.29, 0.717) is 5.69 Å². The van der Waals surface area contributed by atoms with Gasteiger partial charge in [-0.2, -0.15) is 0 Å². The first kappa shape index (κ1) is 21.1. The Morgan fingerprint density at radius 2 is 1.77 bits per heavy atom. The maximum atomic E-state index is 13.2. The van der Waals surface area contributed by atoms with E-state index in [1.54, 1.807) is 12.1 Å². The summed E-state index contributed by atoms with van der Waals surface area (Å²) < 4.78 is 40.3. The molecule has 7 heteroatoms. The molecule has 1 N–H and O–H groups in total. The Morgan fingerprint density at radius 3 is 2.55 bits per heavy atom. The summed E-state index contributed by atoms with van der Waals surface area (Å²) in [6.45, 7) is 0. The highest BCUT2D eigenvalue weighted by Crippen LogP contribution is 2.30. The van der Waals surface area contributed by atoms with Gasteiger partial charge in [0.1, 0.15) is 5.82 Å². The molecule has 0 heterocycles. The Labute approximate surface area is 181 Å². The van der Waals surface area contributed by atoms with Crippen molar-refractivity contribution in [3.8, 4) is 0 Å². The zero-order chi connectivity index (χ0) is 22.0. The van der Waals surface area contributed by atoms with Gasteiger partial charge in [-0.1, -0.05) is 30.3 Å². The van der Waals surface area contributed by atoms with E-state index in [0.717, 1.165) is 29.1 Å². The van der Waals surface area contributed by atoms with Gasteiger partial charge in [0.25, 0.3) is 15.9 Å². The van der Waals surface area contributed by atoms with Crippen LogP contribution in [-0.2, 0) is 16.4 Å². The van der Waals surface area contributed by atoms with Gasteiger partial charge in [-0.15, -0.1) is 0 Å². The van der Waals surface area contributed by atoms with Crippen LogP contribution in [0.1, 0.15) is 40.4 Å². The fraction of sp³-hybridized carbons (Fsp3) is 0.208. The van der Waals surface area contributed by atoms with E-state index in [-0.39, 0.29) is 22.4 Å². The van der Waals surface area contributed by atoms with Crippen LogP contribution in [0.2, 0.25) is 0 Å². The Balaban J connectivity index is 1.57. The number of halogens is 1. The number of carbonyl (C=O) groups excluding carboxylic acids is 1. The third kappa shape index (κ3) is 4.32. The molecule has 1 aliphatic rings. The molecule has 5 nitrogen and oxygen atoms in total. The summed E-state index contributed by atoms with van der Waals surface area (Å²) in [7, 11) is -2.51. The monoisotopic (exact) mass is 438 g/mol. The molecule has 0 saturated carbocycles. The van der Waals surface area contributed by atoms with Crippen molar-refractivity contribution in [3.05, 3.63) is 95.3 Å². The Kier molecular flexibility index (Phi) is 5.78. The average Bonchev–Trinajstić information content (AvgIpc) is 2.79. The topological polar surface area (TPSA) is 66.5 Å². The number of hydrogen-bond acceptors (Lipinski definition) is 3. The SMILES string of the molecule is CN(c1ccc(F)cc1)S(=O)(=O)c1cccc(C(=O)N[C@H]2CCCc3ccccc32)c1. The number of hydrogen-bond donors (Lipinski definition) is 1. The molecule has 1 aliphatic carbocycles. The molecular weight excluding hydrogens is 415 g/mol. The number of nitrogens with zero attached hydrogens (tertiary/aromatic N) is 1. The molecule has 0 spiro atoms. The number of rotatable bonds is 5. The predicted octanol–water partition coefficient (Wildman–Crippen LogP) is 4.46. The summed E-state index contributed by atoms with van der Waals surface area (Å²) in [5, 5.41) is 3.05. The van der Waals surface area contributed by atoms with Crippen LogP contribution >= 0.6 is 0 Å². The third-order valence-corrected chi connectivity index (χ3v) is 7.40. The first-order valence-corrected chi connectivity index (χ1v) is 11.5. The van der Waals surface area contributed by atoms with Gasteiger partial charge in [-0.3, -0.25) is 9.10 Å². The lowest BCUT2D eigenvalue weighted by molar-refractivity contribution is 0.0932. The number of aryl methyl sites for hydroxylation is 1. The van der Waals surface area contributed by atoms with Gasteiger partial charge in [0.15, 0.2) is 0 Å². The molecule has 1 amide bonds. The Morgan fingerprint density at radius 1 is 1.03 bits per heavy atom. The maximum absolute atomic E-state index is 13.2. The molecule has 0 bridgehead atoms. The Hall–Kier alpha value is -3.19. The quantitative estimate of drug-likeness (QED) is 0.640. The molecule has 31 heavy (non-hydrogen) atoms. The zero-order valence-electron chi connectivity index (χ0n) is 17.1. The molecular formula is C24H23FN2O3S. The van der Waals surface area contributed by atoms with E-state index >= 15 is 0 Å². The van der Waals surface area contributed by atoms with Crippen molar-refractivity contribution in [1.82, 2.24) is 5.32 Å². The van der Waals surface area contributed by atoms with E-state index < -0.39 is 15.8 Å². The van der Waals surface area contributed by atoms with Gasteiger partial charge in [0, 0.05) is 12.6 Å². The lowest BCUT2D eigenvalue weighted by Crippen LogP contribution is -2.31. The number of benzene rings is 3. The zero-order valence-corrected chi connectivity index (χ0v) is 17.9. The van der Waals surface area contributed by atoms with E-state index in [9.17, 15) is 17.6 Å². The summed E-state index contributed by atoms with van der Waals surface area (Å²) in [6.07, 6.45) is 2.82. The molecule has 1 atom stereocenters. The van der Waals surface area contributed by atoms with Crippen LogP contribution in [0, 0.1) is 5.82 Å². The van der Waals surface area contributed by atoms with Crippen molar-refractivity contribution in [3.63, 3.8) is 0 Å². The van der Waals surface area contributed by atoms with Crippen molar-refractivity contribution in [2.75, 3.05) is 11.4 Å². The number of anilines is 1. The van der Waals surface area contributed by atoms with Gasteiger partial charge in [0.2, 0.25) is 0 Å². The molecule has 160 valence electrons. The average molecular weight is 439 g/mol. The fourth-order valence-corrected chi connectivity index (χ4v) is 5.13. The van der Waals surface area contributed by atoms with Crippen molar-refractivity contribution >= 4 is 21.6 Å². The van der Waals surface area contributed by atoms with Crippen LogP contribution < -0.4 is 9.62 Å². The fourth-order valence-electron chi connectivity index (χ4n) is 3.89. The van der Waals surface area contributed by atoms with Gasteiger partial charge >= 0.3 is 0 Å². The minimum Gasteiger partial charge on any atom is -0.345 e. The second-order valence-electron chi connectivity index (χ2n) is 7.59. The first-order valence-electron chi connectivity index (χ1n) is 10.1. The summed E-state index contributed by atoms with van der Waals surface area (Å²) in [5.74, 6) is -0.763. The van der Waals surface area contributed by atoms with Gasteiger partial charge in [-0.05, 0) is 72.9 Å². The van der Waals surface area contributed by atoms with E-state index in [1.165, 1.54) is 49.0 Å². The molecule has 4 rings (SSSR count).